The molecule has 184 valence electrons. The van der Waals surface area contributed by atoms with Crippen molar-refractivity contribution in [1.29, 1.82) is 0 Å². The van der Waals surface area contributed by atoms with Gasteiger partial charge in [0, 0.05) is 71.2 Å². The fourth-order valence-corrected chi connectivity index (χ4v) is 3.81. The highest BCUT2D eigenvalue weighted by atomic mass is 35.5. The molecular formula is C27H34ClN7. The molecule has 0 fully saturated rings. The minimum absolute atomic E-state index is 0.706. The lowest BCUT2D eigenvalue weighted by Gasteiger charge is -2.11. The van der Waals surface area contributed by atoms with Crippen molar-refractivity contribution >= 4 is 62.1 Å². The van der Waals surface area contributed by atoms with E-state index in [4.69, 9.17) is 17.3 Å². The van der Waals surface area contributed by atoms with Crippen LogP contribution in [0.25, 0.3) is 21.8 Å². The van der Waals surface area contributed by atoms with Gasteiger partial charge >= 0.3 is 0 Å². The van der Waals surface area contributed by atoms with Crippen molar-refractivity contribution in [3.63, 3.8) is 0 Å². The molecule has 0 unspecified atom stereocenters. The molecule has 0 saturated carbocycles. The number of hydrogen-bond acceptors (Lipinski definition) is 7. The molecule has 4 rings (SSSR count). The Hall–Kier alpha value is -3.71. The Morgan fingerprint density at radius 3 is 2.09 bits per heavy atom. The summed E-state index contributed by atoms with van der Waals surface area (Å²) in [5.74, 6) is 1.69. The molecule has 0 aliphatic rings. The van der Waals surface area contributed by atoms with E-state index < -0.39 is 0 Å². The number of nitrogens with zero attached hydrogens (tertiary/aromatic N) is 2. The van der Waals surface area contributed by atoms with Gasteiger partial charge in [0.25, 0.3) is 0 Å². The minimum atomic E-state index is 0.706. The number of hydrogen-bond donors (Lipinski definition) is 5. The van der Waals surface area contributed by atoms with Crippen LogP contribution in [0.1, 0.15) is 20.8 Å². The van der Waals surface area contributed by atoms with Crippen LogP contribution < -0.4 is 27.0 Å². The molecule has 2 aromatic heterocycles. The molecule has 0 aliphatic heterocycles. The lowest BCUT2D eigenvalue weighted by atomic mass is 10.1. The molecule has 0 bridgehead atoms. The van der Waals surface area contributed by atoms with Crippen molar-refractivity contribution < 1.29 is 0 Å². The summed E-state index contributed by atoms with van der Waals surface area (Å²) in [6.07, 6.45) is 1.82. The topological polar surface area (TPSA) is 99.9 Å². The normalized spacial score (nSPS) is 10.4. The van der Waals surface area contributed by atoms with Gasteiger partial charge in [-0.2, -0.15) is 0 Å². The quantitative estimate of drug-likeness (QED) is 0.168. The smallest absolute Gasteiger partial charge is 0.128 e. The van der Waals surface area contributed by atoms with Crippen LogP contribution in [0.2, 0.25) is 5.02 Å². The van der Waals surface area contributed by atoms with Crippen LogP contribution >= 0.6 is 11.6 Å². The van der Waals surface area contributed by atoms with Crippen LogP contribution in [-0.4, -0.2) is 36.1 Å². The lowest BCUT2D eigenvalue weighted by Crippen LogP contribution is -2.03. The van der Waals surface area contributed by atoms with Crippen molar-refractivity contribution in [3.8, 4) is 0 Å². The molecule has 7 nitrogen and oxygen atoms in total. The van der Waals surface area contributed by atoms with E-state index in [1.165, 1.54) is 0 Å². The second-order valence-corrected chi connectivity index (χ2v) is 8.24. The molecule has 2 heterocycles. The Bertz CT molecular complexity index is 1290. The number of rotatable bonds is 9. The van der Waals surface area contributed by atoms with Gasteiger partial charge in [-0.1, -0.05) is 17.7 Å². The first-order valence-electron chi connectivity index (χ1n) is 11.9. The van der Waals surface area contributed by atoms with Crippen LogP contribution in [0.4, 0.5) is 28.7 Å². The zero-order valence-corrected chi connectivity index (χ0v) is 21.3. The summed E-state index contributed by atoms with van der Waals surface area (Å²) in [5.41, 5.74) is 10.7. The summed E-state index contributed by atoms with van der Waals surface area (Å²) < 4.78 is 0. The Labute approximate surface area is 212 Å². The molecule has 0 amide bonds. The van der Waals surface area contributed by atoms with E-state index in [0.717, 1.165) is 70.1 Å². The molecule has 0 saturated heterocycles. The monoisotopic (exact) mass is 491 g/mol. The van der Waals surface area contributed by atoms with Crippen LogP contribution in [0.15, 0.2) is 61.2 Å². The number of nitrogens with two attached hydrogens (primary N) is 1. The summed E-state index contributed by atoms with van der Waals surface area (Å²) in [6.45, 7) is 13.1. The largest absolute Gasteiger partial charge is 0.398 e. The predicted octanol–water partition coefficient (Wildman–Crippen LogP) is 6.60. The first kappa shape index (κ1) is 25.9. The van der Waals surface area contributed by atoms with Gasteiger partial charge in [-0.25, -0.2) is 9.97 Å². The van der Waals surface area contributed by atoms with Gasteiger partial charge in [-0.05, 0) is 57.2 Å². The van der Waals surface area contributed by atoms with Crippen molar-refractivity contribution in [2.24, 2.45) is 0 Å². The van der Waals surface area contributed by atoms with E-state index in [9.17, 15) is 0 Å². The fraction of sp³-hybridized carbons (Fsp3) is 0.259. The third-order valence-corrected chi connectivity index (χ3v) is 5.38. The molecule has 0 radical (unpaired) electrons. The number of pyridine rings is 2. The third kappa shape index (κ3) is 6.90. The Balaban J connectivity index is 0.000000196. The zero-order valence-electron chi connectivity index (χ0n) is 20.6. The SMILES string of the molecule is C=CCNc1cc(NCC)nc2ccc(Cl)cc12.CCNc1ccc2nc(NCC)cc(N)c2c1. The van der Waals surface area contributed by atoms with Crippen molar-refractivity contribution in [3.05, 3.63) is 66.2 Å². The number of halogens is 1. The number of nitrogens with one attached hydrogen (secondary N) is 4. The first-order chi connectivity index (χ1) is 17.0. The minimum Gasteiger partial charge on any atom is -0.398 e. The van der Waals surface area contributed by atoms with Crippen LogP contribution in [0, 0.1) is 0 Å². The van der Waals surface area contributed by atoms with Gasteiger partial charge in [0.1, 0.15) is 11.6 Å². The molecule has 6 N–H and O–H groups in total. The highest BCUT2D eigenvalue weighted by Gasteiger charge is 2.06. The Morgan fingerprint density at radius 2 is 1.43 bits per heavy atom. The molecule has 0 aliphatic carbocycles. The van der Waals surface area contributed by atoms with E-state index in [1.54, 1.807) is 0 Å². The average molecular weight is 492 g/mol. The summed E-state index contributed by atoms with van der Waals surface area (Å²) in [7, 11) is 0. The Kier molecular flexibility index (Phi) is 9.38. The lowest BCUT2D eigenvalue weighted by molar-refractivity contribution is 1.17. The van der Waals surface area contributed by atoms with Gasteiger partial charge in [0.2, 0.25) is 0 Å². The number of aromatic nitrogens is 2. The van der Waals surface area contributed by atoms with Crippen LogP contribution in [0.3, 0.4) is 0 Å². The molecule has 2 aromatic carbocycles. The first-order valence-corrected chi connectivity index (χ1v) is 12.2. The van der Waals surface area contributed by atoms with Gasteiger partial charge in [0.15, 0.2) is 0 Å². The van der Waals surface area contributed by atoms with E-state index in [0.29, 0.717) is 11.6 Å². The average Bonchev–Trinajstić information content (AvgIpc) is 2.84. The standard InChI is InChI=1S/C14H16ClN3.C13H18N4/c1-3-7-17-13-9-14(16-4-2)18-12-6-5-10(15)8-11(12)13;1-3-15-9-5-6-12-10(7-9)11(14)8-13(17-12)16-4-2/h3,5-6,8-9H,1,4,7H2,2H3,(H2,16,17,18);5-8,15H,3-4H2,1-2H3,(H3,14,16,17). The second kappa shape index (κ2) is 12.7. The fourth-order valence-electron chi connectivity index (χ4n) is 3.64. The maximum absolute atomic E-state index is 6.04. The van der Waals surface area contributed by atoms with E-state index in [-0.39, 0.29) is 0 Å². The van der Waals surface area contributed by atoms with E-state index >= 15 is 0 Å². The Morgan fingerprint density at radius 1 is 0.800 bits per heavy atom. The third-order valence-electron chi connectivity index (χ3n) is 5.14. The maximum Gasteiger partial charge on any atom is 0.128 e. The van der Waals surface area contributed by atoms with E-state index in [1.807, 2.05) is 68.5 Å². The molecular weight excluding hydrogens is 458 g/mol. The van der Waals surface area contributed by atoms with Gasteiger partial charge in [-0.3, -0.25) is 0 Å². The van der Waals surface area contributed by atoms with E-state index in [2.05, 4.69) is 44.7 Å². The van der Waals surface area contributed by atoms with Gasteiger partial charge < -0.3 is 27.0 Å². The summed E-state index contributed by atoms with van der Waals surface area (Å²) in [5, 5.41) is 15.7. The van der Waals surface area contributed by atoms with Crippen LogP contribution in [-0.2, 0) is 0 Å². The molecule has 0 spiro atoms. The number of fused-ring (bicyclic) bond motifs is 2. The maximum atomic E-state index is 6.04. The highest BCUT2D eigenvalue weighted by Crippen LogP contribution is 2.28. The zero-order chi connectivity index (χ0) is 25.2. The molecule has 8 heteroatoms. The predicted molar refractivity (Wildman–Crippen MR) is 154 cm³/mol. The van der Waals surface area contributed by atoms with Crippen LogP contribution in [0.5, 0.6) is 0 Å². The molecule has 0 atom stereocenters. The number of anilines is 5. The van der Waals surface area contributed by atoms with Crippen molar-refractivity contribution in [2.75, 3.05) is 53.2 Å². The summed E-state index contributed by atoms with van der Waals surface area (Å²) >= 11 is 6.03. The highest BCUT2D eigenvalue weighted by molar-refractivity contribution is 6.31. The molecule has 35 heavy (non-hydrogen) atoms. The molecule has 4 aromatic rings. The number of nitrogen functional groups attached to an aromatic ring is 1. The van der Waals surface area contributed by atoms with Gasteiger partial charge in [0.05, 0.1) is 11.0 Å². The van der Waals surface area contributed by atoms with Crippen molar-refractivity contribution in [1.82, 2.24) is 9.97 Å². The van der Waals surface area contributed by atoms with Gasteiger partial charge in [-0.15, -0.1) is 6.58 Å². The summed E-state index contributed by atoms with van der Waals surface area (Å²) in [4.78, 5) is 9.05. The summed E-state index contributed by atoms with van der Waals surface area (Å²) in [6, 6.07) is 15.6. The van der Waals surface area contributed by atoms with Crippen molar-refractivity contribution in [2.45, 2.75) is 20.8 Å². The number of benzene rings is 2. The second-order valence-electron chi connectivity index (χ2n) is 7.81.